The molecule has 1 amide bonds. The van der Waals surface area contributed by atoms with Crippen LogP contribution in [0.15, 0.2) is 36.4 Å². The van der Waals surface area contributed by atoms with Gasteiger partial charge >= 0.3 is 0 Å². The van der Waals surface area contributed by atoms with Gasteiger partial charge in [-0.2, -0.15) is 0 Å². The van der Waals surface area contributed by atoms with Crippen LogP contribution in [-0.4, -0.2) is 42.2 Å². The van der Waals surface area contributed by atoms with Crippen LogP contribution in [0.3, 0.4) is 0 Å². The van der Waals surface area contributed by atoms with Gasteiger partial charge in [0, 0.05) is 31.1 Å². The number of carbonyl (C=O) groups excluding carboxylic acids is 1. The number of hydrogen-bond acceptors (Lipinski definition) is 3. The molecule has 1 saturated heterocycles. The van der Waals surface area contributed by atoms with Crippen molar-refractivity contribution in [1.29, 1.82) is 0 Å². The third-order valence-corrected chi connectivity index (χ3v) is 4.19. The fourth-order valence-electron chi connectivity index (χ4n) is 2.97. The molecule has 0 aromatic heterocycles. The minimum Gasteiger partial charge on any atom is -0.507 e. The number of hydrogen-bond donors (Lipinski definition) is 1. The molecule has 0 radical (unpaired) electrons. The van der Waals surface area contributed by atoms with Crippen molar-refractivity contribution < 1.29 is 14.6 Å². The van der Waals surface area contributed by atoms with E-state index in [-0.39, 0.29) is 17.8 Å². The molecule has 0 bridgehead atoms. The van der Waals surface area contributed by atoms with Gasteiger partial charge in [-0.05, 0) is 36.8 Å². The lowest BCUT2D eigenvalue weighted by molar-refractivity contribution is -0.000187. The number of amides is 1. The van der Waals surface area contributed by atoms with E-state index in [0.29, 0.717) is 12.1 Å². The zero-order valence-electron chi connectivity index (χ0n) is 12.8. The zero-order chi connectivity index (χ0) is 15.5. The van der Waals surface area contributed by atoms with E-state index in [1.807, 2.05) is 30.3 Å². The largest absolute Gasteiger partial charge is 0.507 e. The third-order valence-electron chi connectivity index (χ3n) is 4.19. The van der Waals surface area contributed by atoms with Crippen molar-refractivity contribution in [3.8, 4) is 5.75 Å². The van der Waals surface area contributed by atoms with Gasteiger partial charge in [0.25, 0.3) is 5.91 Å². The van der Waals surface area contributed by atoms with Crippen molar-refractivity contribution in [3.63, 3.8) is 0 Å². The minimum absolute atomic E-state index is 0.0878. The molecule has 4 nitrogen and oxygen atoms in total. The second-order valence-corrected chi connectivity index (χ2v) is 5.89. The van der Waals surface area contributed by atoms with Crippen LogP contribution >= 0.6 is 0 Å². The molecular weight excluding hydrogens is 278 g/mol. The van der Waals surface area contributed by atoms with Gasteiger partial charge in [0.15, 0.2) is 0 Å². The van der Waals surface area contributed by atoms with E-state index >= 15 is 0 Å². The number of carbonyl (C=O) groups is 1. The standard InChI is InChI=1S/C18H21NO3/c1-19(12-15-7-4-5-9-22-15)18(21)14-10-13-6-2-3-8-16(13)17(20)11-14/h2-3,6,8,10-11,15,20H,4-5,7,9,12H2,1H3/t15-/m1/s1. The Labute approximate surface area is 130 Å². The number of ether oxygens (including phenoxy) is 1. The Morgan fingerprint density at radius 3 is 2.91 bits per heavy atom. The zero-order valence-corrected chi connectivity index (χ0v) is 12.8. The monoisotopic (exact) mass is 299 g/mol. The Balaban J connectivity index is 1.79. The van der Waals surface area contributed by atoms with Crippen LogP contribution in [0.2, 0.25) is 0 Å². The van der Waals surface area contributed by atoms with E-state index in [1.165, 1.54) is 0 Å². The van der Waals surface area contributed by atoms with Gasteiger partial charge in [-0.3, -0.25) is 4.79 Å². The lowest BCUT2D eigenvalue weighted by atomic mass is 10.0. The Morgan fingerprint density at radius 2 is 2.14 bits per heavy atom. The molecule has 1 fully saturated rings. The van der Waals surface area contributed by atoms with Crippen molar-refractivity contribution >= 4 is 16.7 Å². The summed E-state index contributed by atoms with van der Waals surface area (Å²) in [5.74, 6) is 0.0546. The molecular formula is C18H21NO3. The molecule has 1 N–H and O–H groups in total. The van der Waals surface area contributed by atoms with Gasteiger partial charge in [-0.15, -0.1) is 0 Å². The second-order valence-electron chi connectivity index (χ2n) is 5.89. The van der Waals surface area contributed by atoms with Crippen LogP contribution < -0.4 is 0 Å². The fraction of sp³-hybridized carbons (Fsp3) is 0.389. The van der Waals surface area contributed by atoms with Crippen LogP contribution in [0.1, 0.15) is 29.6 Å². The fourth-order valence-corrected chi connectivity index (χ4v) is 2.97. The number of fused-ring (bicyclic) bond motifs is 1. The highest BCUT2D eigenvalue weighted by molar-refractivity contribution is 6.00. The molecule has 0 saturated carbocycles. The lowest BCUT2D eigenvalue weighted by Crippen LogP contribution is -2.37. The first-order chi connectivity index (χ1) is 10.6. The number of phenolic OH excluding ortho intramolecular Hbond substituents is 1. The first-order valence-corrected chi connectivity index (χ1v) is 7.74. The summed E-state index contributed by atoms with van der Waals surface area (Å²) >= 11 is 0. The summed E-state index contributed by atoms with van der Waals surface area (Å²) < 4.78 is 5.69. The first kappa shape index (κ1) is 14.9. The lowest BCUT2D eigenvalue weighted by Gasteiger charge is -2.27. The molecule has 2 aromatic rings. The Kier molecular flexibility index (Phi) is 4.29. The van der Waals surface area contributed by atoms with Crippen molar-refractivity contribution in [2.75, 3.05) is 20.2 Å². The van der Waals surface area contributed by atoms with Gasteiger partial charge in [-0.1, -0.05) is 24.3 Å². The molecule has 2 aromatic carbocycles. The van der Waals surface area contributed by atoms with Crippen molar-refractivity contribution in [3.05, 3.63) is 42.0 Å². The molecule has 0 unspecified atom stereocenters. The van der Waals surface area contributed by atoms with E-state index in [2.05, 4.69) is 0 Å². The second kappa shape index (κ2) is 6.36. The Hall–Kier alpha value is -2.07. The minimum atomic E-state index is -0.0878. The van der Waals surface area contributed by atoms with E-state index in [1.54, 1.807) is 18.0 Å². The molecule has 0 aliphatic carbocycles. The van der Waals surface area contributed by atoms with Crippen molar-refractivity contribution in [2.45, 2.75) is 25.4 Å². The summed E-state index contributed by atoms with van der Waals surface area (Å²) in [7, 11) is 1.78. The average molecular weight is 299 g/mol. The van der Waals surface area contributed by atoms with E-state index in [9.17, 15) is 9.90 Å². The SMILES string of the molecule is CN(C[C@H]1CCCCO1)C(=O)c1cc(O)c2ccccc2c1. The van der Waals surface area contributed by atoms with Gasteiger partial charge < -0.3 is 14.7 Å². The molecule has 4 heteroatoms. The summed E-state index contributed by atoms with van der Waals surface area (Å²) in [6.45, 7) is 1.37. The number of benzene rings is 2. The maximum absolute atomic E-state index is 12.6. The first-order valence-electron chi connectivity index (χ1n) is 7.74. The summed E-state index contributed by atoms with van der Waals surface area (Å²) in [5, 5.41) is 11.7. The molecule has 22 heavy (non-hydrogen) atoms. The van der Waals surface area contributed by atoms with E-state index < -0.39 is 0 Å². The van der Waals surface area contributed by atoms with Crippen molar-refractivity contribution in [2.24, 2.45) is 0 Å². The van der Waals surface area contributed by atoms with Crippen LogP contribution in [0.25, 0.3) is 10.8 Å². The predicted molar refractivity (Wildman–Crippen MR) is 86.2 cm³/mol. The summed E-state index contributed by atoms with van der Waals surface area (Å²) in [6.07, 6.45) is 3.38. The number of nitrogens with zero attached hydrogens (tertiary/aromatic N) is 1. The van der Waals surface area contributed by atoms with Crippen molar-refractivity contribution in [1.82, 2.24) is 4.90 Å². The van der Waals surface area contributed by atoms with Gasteiger partial charge in [0.1, 0.15) is 5.75 Å². The Bertz CT molecular complexity index is 677. The molecule has 3 rings (SSSR count). The highest BCUT2D eigenvalue weighted by Gasteiger charge is 2.20. The Morgan fingerprint density at radius 1 is 1.32 bits per heavy atom. The molecule has 1 aliphatic heterocycles. The summed E-state index contributed by atoms with van der Waals surface area (Å²) in [6, 6.07) is 10.9. The summed E-state index contributed by atoms with van der Waals surface area (Å²) in [5.41, 5.74) is 0.509. The highest BCUT2D eigenvalue weighted by Crippen LogP contribution is 2.27. The smallest absolute Gasteiger partial charge is 0.253 e. The van der Waals surface area contributed by atoms with Gasteiger partial charge in [0.05, 0.1) is 6.10 Å². The van der Waals surface area contributed by atoms with Crippen LogP contribution in [0, 0.1) is 0 Å². The molecule has 116 valence electrons. The molecule has 1 heterocycles. The van der Waals surface area contributed by atoms with Crippen LogP contribution in [0.5, 0.6) is 5.75 Å². The normalized spacial score (nSPS) is 18.3. The number of rotatable bonds is 3. The van der Waals surface area contributed by atoms with Gasteiger partial charge in [0.2, 0.25) is 0 Å². The average Bonchev–Trinajstić information content (AvgIpc) is 2.55. The maximum atomic E-state index is 12.6. The predicted octanol–water partition coefficient (Wildman–Crippen LogP) is 3.19. The topological polar surface area (TPSA) is 49.8 Å². The number of phenols is 1. The maximum Gasteiger partial charge on any atom is 0.253 e. The quantitative estimate of drug-likeness (QED) is 0.947. The number of likely N-dealkylation sites (N-methyl/N-ethyl adjacent to an activating group) is 1. The molecule has 0 spiro atoms. The summed E-state index contributed by atoms with van der Waals surface area (Å²) in [4.78, 5) is 14.3. The van der Waals surface area contributed by atoms with Gasteiger partial charge in [-0.25, -0.2) is 0 Å². The van der Waals surface area contributed by atoms with Crippen LogP contribution in [-0.2, 0) is 4.74 Å². The number of aromatic hydroxyl groups is 1. The molecule has 1 aliphatic rings. The molecule has 1 atom stereocenters. The van der Waals surface area contributed by atoms with Crippen LogP contribution in [0.4, 0.5) is 0 Å². The van der Waals surface area contributed by atoms with E-state index in [0.717, 1.165) is 36.6 Å². The highest BCUT2D eigenvalue weighted by atomic mass is 16.5. The third kappa shape index (κ3) is 3.07. The van der Waals surface area contributed by atoms with E-state index in [4.69, 9.17) is 4.74 Å².